The van der Waals surface area contributed by atoms with Crippen molar-refractivity contribution in [2.24, 2.45) is 0 Å². The van der Waals surface area contributed by atoms with E-state index < -0.39 is 0 Å². The van der Waals surface area contributed by atoms with Crippen molar-refractivity contribution in [3.8, 4) is 11.5 Å². The van der Waals surface area contributed by atoms with Gasteiger partial charge in [-0.15, -0.1) is 0 Å². The van der Waals surface area contributed by atoms with E-state index in [9.17, 15) is 9.59 Å². The molecule has 1 N–H and O–H groups in total. The molecule has 2 aromatic carbocycles. The zero-order valence-electron chi connectivity index (χ0n) is 20.7. The lowest BCUT2D eigenvalue weighted by molar-refractivity contribution is -0.133. The number of hydrogen-bond acceptors (Lipinski definition) is 6. The minimum Gasteiger partial charge on any atom is -0.497 e. The van der Waals surface area contributed by atoms with Crippen LogP contribution in [0.5, 0.6) is 11.5 Å². The van der Waals surface area contributed by atoms with Crippen LogP contribution in [0.3, 0.4) is 0 Å². The summed E-state index contributed by atoms with van der Waals surface area (Å²) >= 11 is 0. The fourth-order valence-corrected chi connectivity index (χ4v) is 4.85. The number of nitrogens with one attached hydrogen (secondary N) is 1. The zero-order chi connectivity index (χ0) is 24.6. The van der Waals surface area contributed by atoms with Crippen molar-refractivity contribution in [1.82, 2.24) is 20.0 Å². The molecule has 0 bridgehead atoms. The lowest BCUT2D eigenvalue weighted by atomic mass is 10.0. The highest BCUT2D eigenvalue weighted by Crippen LogP contribution is 2.26. The molecular weight excluding hydrogens is 444 g/mol. The van der Waals surface area contributed by atoms with Gasteiger partial charge in [0.05, 0.1) is 14.2 Å². The molecule has 2 aromatic rings. The van der Waals surface area contributed by atoms with Crippen LogP contribution < -0.4 is 14.8 Å². The van der Waals surface area contributed by atoms with E-state index in [0.29, 0.717) is 30.2 Å². The second-order valence-corrected chi connectivity index (χ2v) is 9.16. The second kappa shape index (κ2) is 12.0. The first-order valence-electron chi connectivity index (χ1n) is 12.4. The number of carbonyl (C=O) groups is 2. The Bertz CT molecular complexity index is 964. The van der Waals surface area contributed by atoms with Crippen LogP contribution in [0.4, 0.5) is 0 Å². The predicted molar refractivity (Wildman–Crippen MR) is 135 cm³/mol. The van der Waals surface area contributed by atoms with Crippen molar-refractivity contribution < 1.29 is 19.1 Å². The van der Waals surface area contributed by atoms with Gasteiger partial charge in [-0.25, -0.2) is 0 Å². The normalized spacial score (nSPS) is 17.1. The number of nitrogens with zero attached hydrogens (tertiary/aromatic N) is 3. The first kappa shape index (κ1) is 25.0. The predicted octanol–water partition coefficient (Wildman–Crippen LogP) is 2.24. The summed E-state index contributed by atoms with van der Waals surface area (Å²) in [5.41, 5.74) is 1.76. The summed E-state index contributed by atoms with van der Waals surface area (Å²) in [5, 5.41) is 3.28. The molecule has 2 aliphatic heterocycles. The first-order chi connectivity index (χ1) is 17.1. The average molecular weight is 481 g/mol. The molecule has 0 aromatic heterocycles. The van der Waals surface area contributed by atoms with E-state index in [4.69, 9.17) is 9.47 Å². The van der Waals surface area contributed by atoms with Crippen molar-refractivity contribution in [1.29, 1.82) is 0 Å². The Kier molecular flexibility index (Phi) is 8.60. The van der Waals surface area contributed by atoms with Crippen LogP contribution in [0, 0.1) is 0 Å². The minimum atomic E-state index is -0.160. The fraction of sp³-hybridized carbons (Fsp3) is 0.481. The van der Waals surface area contributed by atoms with Gasteiger partial charge in [-0.05, 0) is 30.5 Å². The minimum absolute atomic E-state index is 0.00131. The molecule has 8 nitrogen and oxygen atoms in total. The maximum absolute atomic E-state index is 13.8. The molecule has 8 heteroatoms. The molecular formula is C27H36N4O4. The van der Waals surface area contributed by atoms with E-state index in [1.807, 2.05) is 11.0 Å². The molecule has 0 aliphatic carbocycles. The number of piperazine rings is 1. The Morgan fingerprint density at radius 1 is 0.943 bits per heavy atom. The van der Waals surface area contributed by atoms with Gasteiger partial charge in [0, 0.05) is 63.5 Å². The van der Waals surface area contributed by atoms with Crippen LogP contribution in [0.25, 0.3) is 0 Å². The van der Waals surface area contributed by atoms with E-state index >= 15 is 0 Å². The highest BCUT2D eigenvalue weighted by atomic mass is 16.5. The van der Waals surface area contributed by atoms with Gasteiger partial charge in [0.2, 0.25) is 5.91 Å². The quantitative estimate of drug-likeness (QED) is 0.625. The van der Waals surface area contributed by atoms with Gasteiger partial charge in [-0.1, -0.05) is 30.3 Å². The third-order valence-electron chi connectivity index (χ3n) is 6.88. The molecule has 2 fully saturated rings. The Balaban J connectivity index is 1.50. The van der Waals surface area contributed by atoms with Crippen LogP contribution in [0.1, 0.15) is 28.8 Å². The molecule has 0 radical (unpaired) electrons. The molecule has 4 rings (SSSR count). The summed E-state index contributed by atoms with van der Waals surface area (Å²) < 4.78 is 10.8. The smallest absolute Gasteiger partial charge is 0.254 e. The number of benzene rings is 2. The number of amides is 2. The van der Waals surface area contributed by atoms with Crippen LogP contribution in [0.2, 0.25) is 0 Å². The number of carbonyl (C=O) groups excluding carboxylic acids is 2. The Labute approximate surface area is 207 Å². The van der Waals surface area contributed by atoms with Crippen molar-refractivity contribution in [2.45, 2.75) is 25.4 Å². The maximum atomic E-state index is 13.8. The van der Waals surface area contributed by atoms with Crippen molar-refractivity contribution in [3.05, 3.63) is 59.7 Å². The van der Waals surface area contributed by atoms with E-state index in [1.165, 1.54) is 5.56 Å². The lowest BCUT2D eigenvalue weighted by Gasteiger charge is -2.39. The molecule has 2 aliphatic rings. The largest absolute Gasteiger partial charge is 0.497 e. The van der Waals surface area contributed by atoms with Crippen LogP contribution >= 0.6 is 0 Å². The van der Waals surface area contributed by atoms with E-state index in [0.717, 1.165) is 45.6 Å². The highest BCUT2D eigenvalue weighted by molar-refractivity contribution is 5.97. The van der Waals surface area contributed by atoms with E-state index in [2.05, 4.69) is 34.5 Å². The standard InChI is InChI=1S/C27H36N4O4/c1-34-24-16-22(17-25(18-24)35-2)27(33)31(20-26(32)30-14-10-28-11-15-30)23-8-12-29(13-9-23)19-21-6-4-3-5-7-21/h3-7,16-18,23,28H,8-15,19-20H2,1-2H3. The summed E-state index contributed by atoms with van der Waals surface area (Å²) in [7, 11) is 3.13. The molecule has 0 atom stereocenters. The molecule has 2 heterocycles. The van der Waals surface area contributed by atoms with Crippen LogP contribution in [-0.2, 0) is 11.3 Å². The maximum Gasteiger partial charge on any atom is 0.254 e. The molecule has 0 unspecified atom stereocenters. The second-order valence-electron chi connectivity index (χ2n) is 9.16. The van der Waals surface area contributed by atoms with Gasteiger partial charge in [0.15, 0.2) is 0 Å². The van der Waals surface area contributed by atoms with Gasteiger partial charge in [-0.3, -0.25) is 14.5 Å². The number of ether oxygens (including phenoxy) is 2. The molecule has 188 valence electrons. The monoisotopic (exact) mass is 480 g/mol. The van der Waals surface area contributed by atoms with Crippen molar-refractivity contribution in [2.75, 3.05) is 60.0 Å². The summed E-state index contributed by atoms with van der Waals surface area (Å²) in [5.74, 6) is 0.950. The summed E-state index contributed by atoms with van der Waals surface area (Å²) in [6.45, 7) is 5.65. The van der Waals surface area contributed by atoms with Gasteiger partial charge in [-0.2, -0.15) is 0 Å². The molecule has 0 saturated carbocycles. The Morgan fingerprint density at radius 2 is 1.57 bits per heavy atom. The van der Waals surface area contributed by atoms with Gasteiger partial charge >= 0.3 is 0 Å². The zero-order valence-corrected chi connectivity index (χ0v) is 20.7. The van der Waals surface area contributed by atoms with Gasteiger partial charge in [0.25, 0.3) is 5.91 Å². The summed E-state index contributed by atoms with van der Waals surface area (Å²) in [6, 6.07) is 15.6. The molecule has 2 saturated heterocycles. The number of rotatable bonds is 8. The lowest BCUT2D eigenvalue weighted by Crippen LogP contribution is -2.54. The topological polar surface area (TPSA) is 74.3 Å². The number of hydrogen-bond donors (Lipinski definition) is 1. The first-order valence-corrected chi connectivity index (χ1v) is 12.4. The Hall–Kier alpha value is -3.10. The van der Waals surface area contributed by atoms with E-state index in [-0.39, 0.29) is 24.4 Å². The van der Waals surface area contributed by atoms with Crippen LogP contribution in [0.15, 0.2) is 48.5 Å². The van der Waals surface area contributed by atoms with Crippen LogP contribution in [-0.4, -0.2) is 92.6 Å². The van der Waals surface area contributed by atoms with Crippen molar-refractivity contribution >= 4 is 11.8 Å². The molecule has 0 spiro atoms. The average Bonchev–Trinajstić information content (AvgIpc) is 2.92. The summed E-state index contributed by atoms with van der Waals surface area (Å²) in [4.78, 5) is 33.0. The van der Waals surface area contributed by atoms with Gasteiger partial charge in [0.1, 0.15) is 18.0 Å². The van der Waals surface area contributed by atoms with Gasteiger partial charge < -0.3 is 24.6 Å². The molecule has 35 heavy (non-hydrogen) atoms. The third kappa shape index (κ3) is 6.52. The number of likely N-dealkylation sites (tertiary alicyclic amines) is 1. The van der Waals surface area contributed by atoms with Crippen molar-refractivity contribution in [3.63, 3.8) is 0 Å². The number of methoxy groups -OCH3 is 2. The Morgan fingerprint density at radius 3 is 2.17 bits per heavy atom. The fourth-order valence-electron chi connectivity index (χ4n) is 4.85. The summed E-state index contributed by atoms with van der Waals surface area (Å²) in [6.07, 6.45) is 1.66. The number of piperidine rings is 1. The molecule has 2 amide bonds. The SMILES string of the molecule is COc1cc(OC)cc(C(=O)N(CC(=O)N2CCNCC2)C2CCN(Cc3ccccc3)CC2)c1. The third-order valence-corrected chi connectivity index (χ3v) is 6.88. The highest BCUT2D eigenvalue weighted by Gasteiger charge is 2.32. The van der Waals surface area contributed by atoms with E-state index in [1.54, 1.807) is 37.3 Å².